The van der Waals surface area contributed by atoms with Gasteiger partial charge in [0.25, 0.3) is 0 Å². The summed E-state index contributed by atoms with van der Waals surface area (Å²) in [5.41, 5.74) is 1.68. The van der Waals surface area contributed by atoms with Gasteiger partial charge in [-0.15, -0.1) is 0 Å². The largest absolute Gasteiger partial charge is 0.384 e. The second-order valence-electron chi connectivity index (χ2n) is 4.20. The molecule has 0 aliphatic heterocycles. The Balaban J connectivity index is 2.64. The van der Waals surface area contributed by atoms with Gasteiger partial charge in [0.1, 0.15) is 5.52 Å². The minimum absolute atomic E-state index is 0.105. The summed E-state index contributed by atoms with van der Waals surface area (Å²) >= 11 is 0. The van der Waals surface area contributed by atoms with Gasteiger partial charge < -0.3 is 5.32 Å². The van der Waals surface area contributed by atoms with Crippen molar-refractivity contribution in [1.82, 2.24) is 4.98 Å². The second kappa shape index (κ2) is 5.29. The third-order valence-corrected chi connectivity index (χ3v) is 2.85. The lowest BCUT2D eigenvalue weighted by molar-refractivity contribution is 0.515. The molecule has 1 N–H and O–H groups in total. The van der Waals surface area contributed by atoms with E-state index in [4.69, 9.17) is 0 Å². The highest BCUT2D eigenvalue weighted by Gasteiger charge is 2.12. The predicted molar refractivity (Wildman–Crippen MR) is 69.8 cm³/mol. The molecule has 0 atom stereocenters. The molecule has 2 rings (SSSR count). The van der Waals surface area contributed by atoms with Crippen molar-refractivity contribution in [2.24, 2.45) is 0 Å². The van der Waals surface area contributed by atoms with Gasteiger partial charge in [-0.05, 0) is 31.0 Å². The zero-order valence-electron chi connectivity index (χ0n) is 10.6. The first kappa shape index (κ1) is 12.7. The fourth-order valence-electron chi connectivity index (χ4n) is 1.87. The molecule has 0 unspecified atom stereocenters. The lowest BCUT2D eigenvalue weighted by Crippen LogP contribution is -2.03. The van der Waals surface area contributed by atoms with Crippen molar-refractivity contribution in [3.8, 4) is 0 Å². The standard InChI is InChI=1S/C14H16F2N2/c1-3-7-17-12-8-9(4-2)18-14-10(12)5-6-11(15)13(14)16/h5-6,8H,3-4,7H2,1-2H3,(H,17,18). The van der Waals surface area contributed by atoms with Crippen LogP contribution in [0.2, 0.25) is 0 Å². The second-order valence-corrected chi connectivity index (χ2v) is 4.20. The van der Waals surface area contributed by atoms with E-state index in [1.165, 1.54) is 0 Å². The highest BCUT2D eigenvalue weighted by Crippen LogP contribution is 2.26. The molecule has 1 heterocycles. The molecule has 18 heavy (non-hydrogen) atoms. The number of hydrogen-bond acceptors (Lipinski definition) is 2. The summed E-state index contributed by atoms with van der Waals surface area (Å²) in [5.74, 6) is -1.73. The Morgan fingerprint density at radius 1 is 1.22 bits per heavy atom. The summed E-state index contributed by atoms with van der Waals surface area (Å²) in [6.07, 6.45) is 1.65. The highest BCUT2D eigenvalue weighted by atomic mass is 19.2. The third kappa shape index (κ3) is 2.28. The third-order valence-electron chi connectivity index (χ3n) is 2.85. The monoisotopic (exact) mass is 250 g/mol. The van der Waals surface area contributed by atoms with E-state index in [0.717, 1.165) is 30.4 Å². The molecular formula is C14H16F2N2. The van der Waals surface area contributed by atoms with E-state index in [-0.39, 0.29) is 5.52 Å². The fourth-order valence-corrected chi connectivity index (χ4v) is 1.87. The summed E-state index contributed by atoms with van der Waals surface area (Å²) in [4.78, 5) is 4.17. The Hall–Kier alpha value is -1.71. The zero-order chi connectivity index (χ0) is 13.1. The molecular weight excluding hydrogens is 234 g/mol. The maximum absolute atomic E-state index is 13.8. The molecule has 0 fully saturated rings. The summed E-state index contributed by atoms with van der Waals surface area (Å²) in [6, 6.07) is 4.61. The topological polar surface area (TPSA) is 24.9 Å². The molecule has 2 aromatic rings. The normalized spacial score (nSPS) is 10.9. The number of anilines is 1. The lowest BCUT2D eigenvalue weighted by atomic mass is 10.1. The predicted octanol–water partition coefficient (Wildman–Crippen LogP) is 3.90. The molecule has 0 aliphatic rings. The molecule has 96 valence electrons. The maximum atomic E-state index is 13.8. The van der Waals surface area contributed by atoms with Gasteiger partial charge in [0.15, 0.2) is 11.6 Å². The van der Waals surface area contributed by atoms with Crippen LogP contribution in [-0.4, -0.2) is 11.5 Å². The first-order valence-corrected chi connectivity index (χ1v) is 6.18. The Morgan fingerprint density at radius 2 is 2.00 bits per heavy atom. The van der Waals surface area contributed by atoms with Gasteiger partial charge in [-0.3, -0.25) is 0 Å². The van der Waals surface area contributed by atoms with Gasteiger partial charge in [0.05, 0.1) is 0 Å². The Bertz CT molecular complexity index is 567. The van der Waals surface area contributed by atoms with Crippen molar-refractivity contribution in [2.75, 3.05) is 11.9 Å². The average Bonchev–Trinajstić information content (AvgIpc) is 2.40. The number of aromatic nitrogens is 1. The Morgan fingerprint density at radius 3 is 2.67 bits per heavy atom. The van der Waals surface area contributed by atoms with Crippen molar-refractivity contribution in [3.05, 3.63) is 35.5 Å². The summed E-state index contributed by atoms with van der Waals surface area (Å²) in [7, 11) is 0. The molecule has 2 nitrogen and oxygen atoms in total. The number of nitrogens with one attached hydrogen (secondary N) is 1. The van der Waals surface area contributed by atoms with E-state index < -0.39 is 11.6 Å². The van der Waals surface area contributed by atoms with Crippen LogP contribution in [-0.2, 0) is 6.42 Å². The van der Waals surface area contributed by atoms with Crippen LogP contribution in [0.1, 0.15) is 26.0 Å². The Kier molecular flexibility index (Phi) is 3.75. The van der Waals surface area contributed by atoms with E-state index in [1.54, 1.807) is 6.07 Å². The van der Waals surface area contributed by atoms with Crippen molar-refractivity contribution >= 4 is 16.6 Å². The molecule has 0 spiro atoms. The average molecular weight is 250 g/mol. The van der Waals surface area contributed by atoms with Gasteiger partial charge in [-0.2, -0.15) is 0 Å². The van der Waals surface area contributed by atoms with E-state index in [0.29, 0.717) is 11.8 Å². The molecule has 0 radical (unpaired) electrons. The molecule has 1 aromatic carbocycles. The summed E-state index contributed by atoms with van der Waals surface area (Å²) in [5, 5.41) is 3.85. The van der Waals surface area contributed by atoms with E-state index in [9.17, 15) is 8.78 Å². The number of pyridine rings is 1. The van der Waals surface area contributed by atoms with Crippen LogP contribution in [0, 0.1) is 11.6 Å². The van der Waals surface area contributed by atoms with Crippen LogP contribution < -0.4 is 5.32 Å². The molecule has 0 aliphatic carbocycles. The van der Waals surface area contributed by atoms with Gasteiger partial charge >= 0.3 is 0 Å². The van der Waals surface area contributed by atoms with Crippen molar-refractivity contribution < 1.29 is 8.78 Å². The number of nitrogens with zero attached hydrogens (tertiary/aromatic N) is 1. The first-order valence-electron chi connectivity index (χ1n) is 6.18. The van der Waals surface area contributed by atoms with Crippen LogP contribution in [0.15, 0.2) is 18.2 Å². The number of hydrogen-bond donors (Lipinski definition) is 1. The molecule has 0 saturated carbocycles. The van der Waals surface area contributed by atoms with Crippen LogP contribution in [0.3, 0.4) is 0 Å². The summed E-state index contributed by atoms with van der Waals surface area (Å²) in [6.45, 7) is 4.79. The maximum Gasteiger partial charge on any atom is 0.185 e. The van der Waals surface area contributed by atoms with Crippen molar-refractivity contribution in [2.45, 2.75) is 26.7 Å². The zero-order valence-corrected chi connectivity index (χ0v) is 10.6. The SMILES string of the molecule is CCCNc1cc(CC)nc2c(F)c(F)ccc12. The van der Waals surface area contributed by atoms with Crippen LogP contribution in [0.4, 0.5) is 14.5 Å². The number of fused-ring (bicyclic) bond motifs is 1. The molecule has 0 bridgehead atoms. The minimum atomic E-state index is -0.873. The van der Waals surface area contributed by atoms with Crippen molar-refractivity contribution in [3.63, 3.8) is 0 Å². The number of benzene rings is 1. The van der Waals surface area contributed by atoms with E-state index in [2.05, 4.69) is 17.2 Å². The van der Waals surface area contributed by atoms with E-state index >= 15 is 0 Å². The van der Waals surface area contributed by atoms with Gasteiger partial charge in [0, 0.05) is 23.3 Å². The number of rotatable bonds is 4. The van der Waals surface area contributed by atoms with Gasteiger partial charge in [-0.1, -0.05) is 13.8 Å². The minimum Gasteiger partial charge on any atom is -0.384 e. The first-order chi connectivity index (χ1) is 8.67. The number of aryl methyl sites for hydroxylation is 1. The quantitative estimate of drug-likeness (QED) is 0.890. The van der Waals surface area contributed by atoms with Crippen LogP contribution in [0.5, 0.6) is 0 Å². The molecule has 1 aromatic heterocycles. The molecule has 0 saturated heterocycles. The van der Waals surface area contributed by atoms with Crippen LogP contribution in [0.25, 0.3) is 10.9 Å². The highest BCUT2D eigenvalue weighted by molar-refractivity contribution is 5.91. The van der Waals surface area contributed by atoms with Crippen molar-refractivity contribution in [1.29, 1.82) is 0 Å². The molecule has 4 heteroatoms. The smallest absolute Gasteiger partial charge is 0.185 e. The van der Waals surface area contributed by atoms with Gasteiger partial charge in [-0.25, -0.2) is 13.8 Å². The van der Waals surface area contributed by atoms with Gasteiger partial charge in [0.2, 0.25) is 0 Å². The lowest BCUT2D eigenvalue weighted by Gasteiger charge is -2.11. The van der Waals surface area contributed by atoms with Crippen LogP contribution >= 0.6 is 0 Å². The van der Waals surface area contributed by atoms with E-state index in [1.807, 2.05) is 13.0 Å². The number of halogens is 2. The molecule has 0 amide bonds. The summed E-state index contributed by atoms with van der Waals surface area (Å²) < 4.78 is 27.0. The Labute approximate surface area is 105 Å². The fraction of sp³-hybridized carbons (Fsp3) is 0.357.